The van der Waals surface area contributed by atoms with Gasteiger partial charge in [-0.2, -0.15) is 0 Å². The van der Waals surface area contributed by atoms with Crippen LogP contribution in [0.15, 0.2) is 0 Å². The Morgan fingerprint density at radius 2 is 1.25 bits per heavy atom. The van der Waals surface area contributed by atoms with Gasteiger partial charge in [0.2, 0.25) is 0 Å². The summed E-state index contributed by atoms with van der Waals surface area (Å²) in [6.07, 6.45) is 8.66. The van der Waals surface area contributed by atoms with Crippen LogP contribution in [0.1, 0.15) is 58.3 Å². The first kappa shape index (κ1) is 22.3. The fraction of sp³-hybridized carbons (Fsp3) is 1.00. The van der Waals surface area contributed by atoms with Crippen LogP contribution in [0.5, 0.6) is 0 Å². The summed E-state index contributed by atoms with van der Waals surface area (Å²) in [5, 5.41) is 0. The Balaban J connectivity index is -0.000000845. The average Bonchev–Trinajstić information content (AvgIpc) is 2.08. The summed E-state index contributed by atoms with van der Waals surface area (Å²) in [5.41, 5.74) is 0. The predicted molar refractivity (Wildman–Crippen MR) is 62.9 cm³/mol. The van der Waals surface area contributed by atoms with Crippen molar-refractivity contribution in [3.05, 3.63) is 0 Å². The second kappa shape index (κ2) is 14.2. The Labute approximate surface area is 126 Å². The molecule has 0 fully saturated rings. The van der Waals surface area contributed by atoms with Crippen LogP contribution in [0, 0.1) is 0 Å². The molecule has 0 aromatic heterocycles. The molecule has 0 unspecified atom stereocenters. The first-order valence-electron chi connectivity index (χ1n) is 5.50. The summed E-state index contributed by atoms with van der Waals surface area (Å²) in [4.78, 5) is 0. The summed E-state index contributed by atoms with van der Waals surface area (Å²) in [6.45, 7) is 2.18. The van der Waals surface area contributed by atoms with Crippen molar-refractivity contribution in [2.75, 3.05) is 5.75 Å². The van der Waals surface area contributed by atoms with Gasteiger partial charge in [-0.05, 0) is 6.42 Å². The van der Waals surface area contributed by atoms with Crippen LogP contribution in [-0.2, 0) is 10.1 Å². The molecule has 0 aromatic carbocycles. The van der Waals surface area contributed by atoms with Gasteiger partial charge in [-0.25, -0.2) is 8.42 Å². The minimum absolute atomic E-state index is 0. The van der Waals surface area contributed by atoms with Crippen LogP contribution in [0.2, 0.25) is 0 Å². The molecule has 0 saturated heterocycles. The Kier molecular flexibility index (Phi) is 19.9. The minimum Gasteiger partial charge on any atom is -1.00 e. The first-order valence-corrected chi connectivity index (χ1v) is 7.07. The molecule has 0 rings (SSSR count). The molecular formula is C10H21BrMgO3S. The molecule has 0 N–H and O–H groups in total. The van der Waals surface area contributed by atoms with Gasteiger partial charge in [-0.1, -0.05) is 51.9 Å². The molecule has 0 aliphatic rings. The van der Waals surface area contributed by atoms with Crippen LogP contribution in [0.25, 0.3) is 0 Å². The van der Waals surface area contributed by atoms with Crippen LogP contribution in [0.3, 0.4) is 0 Å². The Bertz CT molecular complexity index is 220. The molecule has 0 amide bonds. The van der Waals surface area contributed by atoms with Gasteiger partial charge in [0.25, 0.3) is 0 Å². The fourth-order valence-corrected chi connectivity index (χ4v) is 1.97. The number of halogens is 1. The van der Waals surface area contributed by atoms with Gasteiger partial charge in [0.05, 0.1) is 10.1 Å². The molecule has 6 heteroatoms. The standard InChI is InChI=1S/C10H22O3S.BrH.Mg/c1-2-3-4-5-6-7-8-9-10-14(11,12)13;;/h2-10H2,1H3,(H,11,12,13);1H;/q;;+2/p-2. The Morgan fingerprint density at radius 1 is 0.875 bits per heavy atom. The number of hydrogen-bond acceptors (Lipinski definition) is 3. The van der Waals surface area contributed by atoms with E-state index < -0.39 is 10.1 Å². The van der Waals surface area contributed by atoms with E-state index in [9.17, 15) is 13.0 Å². The normalized spacial score (nSPS) is 10.4. The summed E-state index contributed by atoms with van der Waals surface area (Å²) in [6, 6.07) is 0. The van der Waals surface area contributed by atoms with Gasteiger partial charge in [0.15, 0.2) is 0 Å². The first-order chi connectivity index (χ1) is 6.56. The monoisotopic (exact) mass is 324 g/mol. The molecule has 0 bridgehead atoms. The quantitative estimate of drug-likeness (QED) is 0.320. The van der Waals surface area contributed by atoms with E-state index in [2.05, 4.69) is 6.92 Å². The third kappa shape index (κ3) is 20.6. The second-order valence-corrected chi connectivity index (χ2v) is 5.26. The van der Waals surface area contributed by atoms with Crippen LogP contribution in [0.4, 0.5) is 0 Å². The number of rotatable bonds is 9. The van der Waals surface area contributed by atoms with Crippen molar-refractivity contribution in [1.29, 1.82) is 0 Å². The zero-order chi connectivity index (χ0) is 10.9. The zero-order valence-electron chi connectivity index (χ0n) is 10.1. The van der Waals surface area contributed by atoms with Crippen molar-refractivity contribution in [2.45, 2.75) is 58.3 Å². The van der Waals surface area contributed by atoms with E-state index in [-0.39, 0.29) is 45.8 Å². The minimum atomic E-state index is -3.98. The predicted octanol–water partition coefficient (Wildman–Crippen LogP) is -0.704. The fourth-order valence-electron chi connectivity index (χ4n) is 1.41. The molecule has 0 aliphatic heterocycles. The van der Waals surface area contributed by atoms with Crippen molar-refractivity contribution in [1.82, 2.24) is 0 Å². The number of unbranched alkanes of at least 4 members (excludes halogenated alkanes) is 7. The summed E-state index contributed by atoms with van der Waals surface area (Å²) < 4.78 is 30.7. The molecular weight excluding hydrogens is 304 g/mol. The molecule has 0 spiro atoms. The molecule has 3 nitrogen and oxygen atoms in total. The van der Waals surface area contributed by atoms with Crippen LogP contribution in [-0.4, -0.2) is 41.8 Å². The second-order valence-electron chi connectivity index (χ2n) is 3.74. The van der Waals surface area contributed by atoms with E-state index in [1.165, 1.54) is 32.1 Å². The van der Waals surface area contributed by atoms with Gasteiger partial charge >= 0.3 is 23.1 Å². The van der Waals surface area contributed by atoms with Crippen molar-refractivity contribution in [3.8, 4) is 0 Å². The Hall–Kier alpha value is 1.16. The molecule has 0 aromatic rings. The molecule has 16 heavy (non-hydrogen) atoms. The van der Waals surface area contributed by atoms with E-state index in [4.69, 9.17) is 0 Å². The van der Waals surface area contributed by atoms with E-state index in [0.717, 1.165) is 12.8 Å². The van der Waals surface area contributed by atoms with Gasteiger partial charge in [0, 0.05) is 5.75 Å². The van der Waals surface area contributed by atoms with E-state index in [1.54, 1.807) is 0 Å². The zero-order valence-corrected chi connectivity index (χ0v) is 13.9. The summed E-state index contributed by atoms with van der Waals surface area (Å²) in [5.74, 6) is -0.193. The number of hydrogen-bond donors (Lipinski definition) is 0. The van der Waals surface area contributed by atoms with Crippen molar-refractivity contribution < 1.29 is 30.0 Å². The maximum Gasteiger partial charge on any atom is 2.00 e. The van der Waals surface area contributed by atoms with Crippen LogP contribution >= 0.6 is 0 Å². The van der Waals surface area contributed by atoms with Gasteiger partial charge < -0.3 is 21.5 Å². The molecule has 0 atom stereocenters. The molecule has 0 heterocycles. The maximum absolute atomic E-state index is 10.2. The third-order valence-electron chi connectivity index (χ3n) is 2.25. The van der Waals surface area contributed by atoms with E-state index in [1.807, 2.05) is 0 Å². The smallest absolute Gasteiger partial charge is 1.00 e. The average molecular weight is 326 g/mol. The van der Waals surface area contributed by atoms with Gasteiger partial charge in [-0.15, -0.1) is 0 Å². The van der Waals surface area contributed by atoms with Crippen molar-refractivity contribution >= 4 is 33.2 Å². The summed E-state index contributed by atoms with van der Waals surface area (Å²) in [7, 11) is -3.98. The summed E-state index contributed by atoms with van der Waals surface area (Å²) >= 11 is 0. The van der Waals surface area contributed by atoms with Gasteiger partial charge in [-0.3, -0.25) is 0 Å². The molecule has 0 aliphatic carbocycles. The largest absolute Gasteiger partial charge is 2.00 e. The van der Waals surface area contributed by atoms with E-state index >= 15 is 0 Å². The molecule has 0 radical (unpaired) electrons. The maximum atomic E-state index is 10.2. The molecule has 0 saturated carbocycles. The third-order valence-corrected chi connectivity index (χ3v) is 3.04. The molecule has 94 valence electrons. The van der Waals surface area contributed by atoms with E-state index in [0.29, 0.717) is 6.42 Å². The Morgan fingerprint density at radius 3 is 1.62 bits per heavy atom. The topological polar surface area (TPSA) is 57.2 Å². The van der Waals surface area contributed by atoms with Crippen LogP contribution < -0.4 is 17.0 Å². The van der Waals surface area contributed by atoms with Crippen molar-refractivity contribution in [2.24, 2.45) is 0 Å². The van der Waals surface area contributed by atoms with Gasteiger partial charge in [0.1, 0.15) is 0 Å². The SMILES string of the molecule is CCCCCCCCCCS(=O)(=O)[O-].[Br-].[Mg+2]. The van der Waals surface area contributed by atoms with Crippen molar-refractivity contribution in [3.63, 3.8) is 0 Å².